The Labute approximate surface area is 146 Å². The Hall–Kier alpha value is -2.58. The predicted octanol–water partition coefficient (Wildman–Crippen LogP) is 0.647. The fraction of sp³-hybridized carbons (Fsp3) is 0.412. The van der Waals surface area contributed by atoms with Crippen molar-refractivity contribution < 1.29 is 9.53 Å². The number of ether oxygens (including phenoxy) is 1. The van der Waals surface area contributed by atoms with Crippen LogP contribution in [0.5, 0.6) is 0 Å². The number of hydrogen-bond donors (Lipinski definition) is 1. The number of nitrogens with one attached hydrogen (secondary N) is 1. The van der Waals surface area contributed by atoms with E-state index in [1.807, 2.05) is 30.1 Å². The number of morpholine rings is 1. The molecule has 0 saturated carbocycles. The molecule has 1 aliphatic heterocycles. The molecule has 1 N–H and O–H groups in total. The molecule has 0 aromatic carbocycles. The molecule has 132 valence electrons. The van der Waals surface area contributed by atoms with E-state index in [2.05, 4.69) is 25.4 Å². The zero-order chi connectivity index (χ0) is 17.5. The van der Waals surface area contributed by atoms with Gasteiger partial charge in [-0.2, -0.15) is 5.10 Å². The molecule has 0 spiro atoms. The van der Waals surface area contributed by atoms with Crippen molar-refractivity contribution >= 4 is 17.4 Å². The Balaban J connectivity index is 1.48. The largest absolute Gasteiger partial charge is 0.374 e. The van der Waals surface area contributed by atoms with Gasteiger partial charge in [-0.3, -0.25) is 14.7 Å². The molecule has 1 unspecified atom stereocenters. The number of carbonyl (C=O) groups excluding carboxylic acids is 1. The fourth-order valence-electron chi connectivity index (χ4n) is 2.77. The first-order valence-electron chi connectivity index (χ1n) is 8.23. The number of likely N-dealkylation sites (N-methyl/N-ethyl adjacent to an activating group) is 1. The van der Waals surface area contributed by atoms with Crippen molar-refractivity contribution in [3.05, 3.63) is 42.9 Å². The van der Waals surface area contributed by atoms with Gasteiger partial charge in [-0.15, -0.1) is 5.10 Å². The second-order valence-corrected chi connectivity index (χ2v) is 5.98. The van der Waals surface area contributed by atoms with Gasteiger partial charge in [0, 0.05) is 39.1 Å². The number of amides is 1. The fourth-order valence-corrected chi connectivity index (χ4v) is 2.77. The van der Waals surface area contributed by atoms with Crippen LogP contribution in [-0.2, 0) is 9.53 Å². The van der Waals surface area contributed by atoms with Gasteiger partial charge in [-0.25, -0.2) is 0 Å². The molecule has 0 bridgehead atoms. The molecule has 0 radical (unpaired) electrons. The monoisotopic (exact) mass is 342 g/mol. The molecule has 1 saturated heterocycles. The zero-order valence-electron chi connectivity index (χ0n) is 14.2. The van der Waals surface area contributed by atoms with Crippen molar-refractivity contribution in [3.63, 3.8) is 0 Å². The number of anilines is 2. The third-order valence-corrected chi connectivity index (χ3v) is 3.96. The van der Waals surface area contributed by atoms with Gasteiger partial charge in [0.05, 0.1) is 31.1 Å². The van der Waals surface area contributed by atoms with Crippen LogP contribution in [0.25, 0.3) is 0 Å². The number of rotatable bonds is 6. The summed E-state index contributed by atoms with van der Waals surface area (Å²) in [7, 11) is 1.96. The Morgan fingerprint density at radius 1 is 1.40 bits per heavy atom. The third kappa shape index (κ3) is 5.20. The van der Waals surface area contributed by atoms with Crippen LogP contribution in [0, 0.1) is 0 Å². The van der Waals surface area contributed by atoms with E-state index in [-0.39, 0.29) is 12.0 Å². The lowest BCUT2D eigenvalue weighted by Crippen LogP contribution is -2.49. The molecule has 1 aliphatic rings. The summed E-state index contributed by atoms with van der Waals surface area (Å²) in [6.45, 7) is 3.08. The van der Waals surface area contributed by atoms with E-state index in [1.165, 1.54) is 0 Å². The maximum Gasteiger partial charge on any atom is 0.238 e. The summed E-state index contributed by atoms with van der Waals surface area (Å²) in [5.41, 5.74) is 0.708. The number of pyridine rings is 1. The number of carbonyl (C=O) groups is 1. The maximum atomic E-state index is 12.2. The van der Waals surface area contributed by atoms with Crippen LogP contribution in [-0.4, -0.2) is 71.9 Å². The van der Waals surface area contributed by atoms with Crippen LogP contribution in [0.15, 0.2) is 42.9 Å². The first-order chi connectivity index (χ1) is 12.2. The average Bonchev–Trinajstić information content (AvgIpc) is 2.63. The highest BCUT2D eigenvalue weighted by Gasteiger charge is 2.23. The third-order valence-electron chi connectivity index (χ3n) is 3.96. The Morgan fingerprint density at radius 2 is 2.28 bits per heavy atom. The van der Waals surface area contributed by atoms with Gasteiger partial charge in [0.1, 0.15) is 0 Å². The van der Waals surface area contributed by atoms with Gasteiger partial charge in [0.15, 0.2) is 5.82 Å². The normalized spacial score (nSPS) is 17.9. The lowest BCUT2D eigenvalue weighted by atomic mass is 10.2. The number of nitrogens with zero attached hydrogens (tertiary/aromatic N) is 5. The first-order valence-corrected chi connectivity index (χ1v) is 8.23. The van der Waals surface area contributed by atoms with E-state index in [9.17, 15) is 4.79 Å². The van der Waals surface area contributed by atoms with Crippen molar-refractivity contribution in [2.24, 2.45) is 0 Å². The molecule has 1 amide bonds. The highest BCUT2D eigenvalue weighted by Crippen LogP contribution is 2.11. The Kier molecular flexibility index (Phi) is 5.86. The second-order valence-electron chi connectivity index (χ2n) is 5.98. The van der Waals surface area contributed by atoms with Gasteiger partial charge < -0.3 is 15.0 Å². The molecule has 2 aromatic heterocycles. The van der Waals surface area contributed by atoms with Crippen LogP contribution in [0.1, 0.15) is 0 Å². The van der Waals surface area contributed by atoms with E-state index in [4.69, 9.17) is 4.74 Å². The summed E-state index contributed by atoms with van der Waals surface area (Å²) in [6.07, 6.45) is 4.98. The van der Waals surface area contributed by atoms with Crippen molar-refractivity contribution in [1.29, 1.82) is 0 Å². The van der Waals surface area contributed by atoms with Crippen LogP contribution >= 0.6 is 0 Å². The van der Waals surface area contributed by atoms with Crippen molar-refractivity contribution in [2.45, 2.75) is 6.10 Å². The first kappa shape index (κ1) is 17.2. The minimum atomic E-state index is -0.0454. The highest BCUT2D eigenvalue weighted by atomic mass is 16.5. The molecule has 1 atom stereocenters. The molecular weight excluding hydrogens is 320 g/mol. The summed E-state index contributed by atoms with van der Waals surface area (Å²) in [6, 6.07) is 7.39. The molecule has 0 aliphatic carbocycles. The van der Waals surface area contributed by atoms with Crippen LogP contribution in [0.2, 0.25) is 0 Å². The number of hydrogen-bond acceptors (Lipinski definition) is 7. The average molecular weight is 342 g/mol. The van der Waals surface area contributed by atoms with Crippen molar-refractivity contribution in [1.82, 2.24) is 20.1 Å². The van der Waals surface area contributed by atoms with Crippen molar-refractivity contribution in [2.75, 3.05) is 50.1 Å². The summed E-state index contributed by atoms with van der Waals surface area (Å²) in [4.78, 5) is 20.3. The quantitative estimate of drug-likeness (QED) is 0.825. The van der Waals surface area contributed by atoms with E-state index in [0.717, 1.165) is 12.4 Å². The van der Waals surface area contributed by atoms with Crippen LogP contribution in [0.3, 0.4) is 0 Å². The standard InChI is InChI=1S/C17H22N6O2/c1-22(16-5-3-7-19-21-16)11-15-12-23(8-9-25-15)13-17(24)20-14-4-2-6-18-10-14/h2-7,10,15H,8-9,11-13H2,1H3,(H,20,24). The summed E-state index contributed by atoms with van der Waals surface area (Å²) >= 11 is 0. The molecule has 8 nitrogen and oxygen atoms in total. The Bertz CT molecular complexity index is 669. The molecule has 25 heavy (non-hydrogen) atoms. The highest BCUT2D eigenvalue weighted by molar-refractivity contribution is 5.92. The van der Waals surface area contributed by atoms with Gasteiger partial charge in [-0.05, 0) is 24.3 Å². The lowest BCUT2D eigenvalue weighted by molar-refractivity contribution is -0.119. The van der Waals surface area contributed by atoms with E-state index >= 15 is 0 Å². The Morgan fingerprint density at radius 3 is 3.04 bits per heavy atom. The predicted molar refractivity (Wildman–Crippen MR) is 94.3 cm³/mol. The summed E-state index contributed by atoms with van der Waals surface area (Å²) in [5.74, 6) is 0.758. The SMILES string of the molecule is CN(CC1CN(CC(=O)Nc2cccnc2)CCO1)c1cccnn1. The minimum absolute atomic E-state index is 0.0203. The van der Waals surface area contributed by atoms with Crippen LogP contribution in [0.4, 0.5) is 11.5 Å². The topological polar surface area (TPSA) is 83.5 Å². The van der Waals surface area contributed by atoms with Gasteiger partial charge in [-0.1, -0.05) is 0 Å². The van der Waals surface area contributed by atoms with E-state index < -0.39 is 0 Å². The molecule has 8 heteroatoms. The number of aromatic nitrogens is 3. The summed E-state index contributed by atoms with van der Waals surface area (Å²) < 4.78 is 5.83. The summed E-state index contributed by atoms with van der Waals surface area (Å²) in [5, 5.41) is 10.8. The lowest BCUT2D eigenvalue weighted by Gasteiger charge is -2.34. The van der Waals surface area contributed by atoms with Gasteiger partial charge >= 0.3 is 0 Å². The van der Waals surface area contributed by atoms with Crippen molar-refractivity contribution in [3.8, 4) is 0 Å². The molecule has 3 heterocycles. The molecule has 1 fully saturated rings. The molecule has 3 rings (SSSR count). The van der Waals surface area contributed by atoms with Gasteiger partial charge in [0.25, 0.3) is 0 Å². The van der Waals surface area contributed by atoms with Gasteiger partial charge in [0.2, 0.25) is 5.91 Å². The molecular formula is C17H22N6O2. The minimum Gasteiger partial charge on any atom is -0.374 e. The van der Waals surface area contributed by atoms with E-state index in [1.54, 1.807) is 24.7 Å². The maximum absolute atomic E-state index is 12.2. The molecule has 2 aromatic rings. The smallest absolute Gasteiger partial charge is 0.238 e. The van der Waals surface area contributed by atoms with Crippen LogP contribution < -0.4 is 10.2 Å². The second kappa shape index (κ2) is 8.50. The zero-order valence-corrected chi connectivity index (χ0v) is 14.2. The van der Waals surface area contributed by atoms with E-state index in [0.29, 0.717) is 31.9 Å².